The van der Waals surface area contributed by atoms with Crippen LogP contribution in [0.1, 0.15) is 36.7 Å². The van der Waals surface area contributed by atoms with E-state index in [1.54, 1.807) is 6.92 Å². The van der Waals surface area contributed by atoms with E-state index >= 15 is 0 Å². The van der Waals surface area contributed by atoms with E-state index in [1.165, 1.54) is 11.3 Å². The maximum absolute atomic E-state index is 12.8. The number of ether oxygens (including phenoxy) is 2. The van der Waals surface area contributed by atoms with Crippen LogP contribution in [-0.4, -0.2) is 55.2 Å². The Balaban J connectivity index is 1.86. The van der Waals surface area contributed by atoms with Gasteiger partial charge in [-0.3, -0.25) is 9.69 Å². The van der Waals surface area contributed by atoms with Crippen LogP contribution in [0.25, 0.3) is 11.1 Å². The molecule has 3 rings (SSSR count). The van der Waals surface area contributed by atoms with E-state index in [2.05, 4.69) is 26.1 Å². The van der Waals surface area contributed by atoms with E-state index in [4.69, 9.17) is 9.47 Å². The molecule has 1 aliphatic rings. The third-order valence-electron chi connectivity index (χ3n) is 4.80. The number of carbonyl (C=O) groups is 2. The highest BCUT2D eigenvalue weighted by atomic mass is 79.9. The molecule has 1 saturated heterocycles. The second-order valence-electron chi connectivity index (χ2n) is 7.54. The molecule has 1 aliphatic heterocycles. The summed E-state index contributed by atoms with van der Waals surface area (Å²) in [6, 6.07) is 7.92. The van der Waals surface area contributed by atoms with Crippen molar-refractivity contribution in [2.45, 2.75) is 39.9 Å². The van der Waals surface area contributed by atoms with E-state index < -0.39 is 5.97 Å². The zero-order chi connectivity index (χ0) is 21.8. The molecule has 1 N–H and O–H groups in total. The monoisotopic (exact) mass is 494 g/mol. The fourth-order valence-electron chi connectivity index (χ4n) is 3.65. The molecule has 1 fully saturated rings. The molecule has 6 nitrogen and oxygen atoms in total. The third-order valence-corrected chi connectivity index (χ3v) is 6.58. The first-order chi connectivity index (χ1) is 14.3. The molecule has 8 heteroatoms. The predicted molar refractivity (Wildman–Crippen MR) is 123 cm³/mol. The molecular weight excluding hydrogens is 468 g/mol. The third kappa shape index (κ3) is 5.49. The van der Waals surface area contributed by atoms with Gasteiger partial charge in [-0.25, -0.2) is 4.79 Å². The minimum Gasteiger partial charge on any atom is -0.462 e. The smallest absolute Gasteiger partial charge is 0.341 e. The highest BCUT2D eigenvalue weighted by molar-refractivity contribution is 9.11. The van der Waals surface area contributed by atoms with E-state index in [1.807, 2.05) is 45.0 Å². The molecule has 1 aromatic heterocycles. The number of esters is 1. The van der Waals surface area contributed by atoms with Gasteiger partial charge in [-0.05, 0) is 49.2 Å². The number of nitrogens with zero attached hydrogens (tertiary/aromatic N) is 1. The summed E-state index contributed by atoms with van der Waals surface area (Å²) in [5.41, 5.74) is 3.14. The fraction of sp³-hybridized carbons (Fsp3) is 0.455. The van der Waals surface area contributed by atoms with Gasteiger partial charge in [-0.15, -0.1) is 11.3 Å². The fourth-order valence-corrected chi connectivity index (χ4v) is 5.52. The van der Waals surface area contributed by atoms with E-state index in [0.29, 0.717) is 23.7 Å². The van der Waals surface area contributed by atoms with Crippen LogP contribution in [0.3, 0.4) is 0 Å². The average Bonchev–Trinajstić information content (AvgIpc) is 2.97. The number of carbonyl (C=O) groups excluding carboxylic acids is 2. The van der Waals surface area contributed by atoms with Gasteiger partial charge in [0, 0.05) is 18.7 Å². The van der Waals surface area contributed by atoms with Crippen molar-refractivity contribution in [3.63, 3.8) is 0 Å². The van der Waals surface area contributed by atoms with E-state index in [9.17, 15) is 9.59 Å². The van der Waals surface area contributed by atoms with Crippen LogP contribution in [0.15, 0.2) is 28.1 Å². The summed E-state index contributed by atoms with van der Waals surface area (Å²) in [6.45, 7) is 9.69. The Labute approximate surface area is 189 Å². The summed E-state index contributed by atoms with van der Waals surface area (Å²) in [4.78, 5) is 27.6. The lowest BCUT2D eigenvalue weighted by Crippen LogP contribution is -2.48. The minimum atomic E-state index is -0.445. The summed E-state index contributed by atoms with van der Waals surface area (Å²) >= 11 is 4.91. The number of nitrogens with one attached hydrogen (secondary N) is 1. The second-order valence-corrected chi connectivity index (χ2v) is 9.88. The maximum atomic E-state index is 12.8. The summed E-state index contributed by atoms with van der Waals surface area (Å²) in [5, 5.41) is 3.43. The lowest BCUT2D eigenvalue weighted by molar-refractivity contribution is -0.121. The molecule has 1 aromatic carbocycles. The zero-order valence-corrected chi connectivity index (χ0v) is 20.1. The lowest BCUT2D eigenvalue weighted by Gasteiger charge is -2.34. The van der Waals surface area contributed by atoms with Crippen molar-refractivity contribution in [3.05, 3.63) is 39.2 Å². The molecule has 0 unspecified atom stereocenters. The Morgan fingerprint density at radius 3 is 2.47 bits per heavy atom. The topological polar surface area (TPSA) is 67.9 Å². The van der Waals surface area contributed by atoms with E-state index in [0.717, 1.165) is 20.5 Å². The summed E-state index contributed by atoms with van der Waals surface area (Å²) in [5.74, 6) is -0.606. The van der Waals surface area contributed by atoms with Crippen LogP contribution in [0.4, 0.5) is 5.00 Å². The molecule has 0 aliphatic carbocycles. The van der Waals surface area contributed by atoms with Gasteiger partial charge in [0.05, 0.1) is 29.1 Å². The average molecular weight is 495 g/mol. The van der Waals surface area contributed by atoms with Gasteiger partial charge in [0.1, 0.15) is 10.6 Å². The number of hydrogen-bond donors (Lipinski definition) is 1. The van der Waals surface area contributed by atoms with Crippen LogP contribution in [0.5, 0.6) is 0 Å². The van der Waals surface area contributed by atoms with Crippen molar-refractivity contribution in [3.8, 4) is 11.1 Å². The molecule has 2 heterocycles. The Bertz CT molecular complexity index is 903. The maximum Gasteiger partial charge on any atom is 0.341 e. The Morgan fingerprint density at radius 2 is 1.87 bits per heavy atom. The number of hydrogen-bond acceptors (Lipinski definition) is 6. The van der Waals surface area contributed by atoms with Crippen molar-refractivity contribution < 1.29 is 19.1 Å². The first kappa shape index (κ1) is 22.9. The molecule has 2 aromatic rings. The van der Waals surface area contributed by atoms with Gasteiger partial charge < -0.3 is 14.8 Å². The number of halogens is 1. The van der Waals surface area contributed by atoms with Gasteiger partial charge in [0.15, 0.2) is 0 Å². The zero-order valence-electron chi connectivity index (χ0n) is 17.7. The molecule has 0 radical (unpaired) electrons. The first-order valence-corrected chi connectivity index (χ1v) is 11.6. The number of rotatable bonds is 6. The second kappa shape index (κ2) is 10.0. The highest BCUT2D eigenvalue weighted by Gasteiger charge is 2.28. The van der Waals surface area contributed by atoms with Crippen LogP contribution >= 0.6 is 27.3 Å². The number of amides is 1. The van der Waals surface area contributed by atoms with Crippen LogP contribution in [-0.2, 0) is 14.3 Å². The molecule has 162 valence electrons. The Kier molecular flexibility index (Phi) is 7.68. The molecule has 2 atom stereocenters. The lowest BCUT2D eigenvalue weighted by atomic mass is 10.0. The van der Waals surface area contributed by atoms with Gasteiger partial charge in [0.25, 0.3) is 0 Å². The predicted octanol–water partition coefficient (Wildman–Crippen LogP) is 4.71. The van der Waals surface area contributed by atoms with Gasteiger partial charge >= 0.3 is 5.97 Å². The number of anilines is 1. The standard InChI is InChI=1S/C22H27BrN2O4S/c1-5-28-22(27)19-18(16-8-6-13(2)7-9-16)20(23)30-21(19)24-17(26)12-25-10-14(3)29-15(4)11-25/h6-9,14-15H,5,10-12H2,1-4H3,(H,24,26)/t14-,15-/m1/s1. The van der Waals surface area contributed by atoms with Crippen molar-refractivity contribution in [1.29, 1.82) is 0 Å². The first-order valence-electron chi connectivity index (χ1n) is 10.0. The molecular formula is C22H27BrN2O4S. The minimum absolute atomic E-state index is 0.0839. The van der Waals surface area contributed by atoms with Crippen LogP contribution in [0, 0.1) is 6.92 Å². The number of thiophene rings is 1. The number of benzene rings is 1. The molecule has 0 saturated carbocycles. The van der Waals surface area contributed by atoms with Crippen molar-refractivity contribution in [2.75, 3.05) is 31.6 Å². The summed E-state index contributed by atoms with van der Waals surface area (Å²) < 4.78 is 11.8. The van der Waals surface area contributed by atoms with Crippen molar-refractivity contribution in [1.82, 2.24) is 4.90 Å². The number of morpholine rings is 1. The SMILES string of the molecule is CCOC(=O)c1c(NC(=O)CN2C[C@@H](C)O[C@H](C)C2)sc(Br)c1-c1ccc(C)cc1. The molecule has 1 amide bonds. The Hall–Kier alpha value is -1.74. The van der Waals surface area contributed by atoms with Crippen molar-refractivity contribution in [2.24, 2.45) is 0 Å². The van der Waals surface area contributed by atoms with Crippen LogP contribution in [0.2, 0.25) is 0 Å². The summed E-state index contributed by atoms with van der Waals surface area (Å²) in [7, 11) is 0. The van der Waals surface area contributed by atoms with Crippen LogP contribution < -0.4 is 5.32 Å². The number of aryl methyl sites for hydroxylation is 1. The Morgan fingerprint density at radius 1 is 1.23 bits per heavy atom. The summed E-state index contributed by atoms with van der Waals surface area (Å²) in [6.07, 6.45) is 0.168. The van der Waals surface area contributed by atoms with Gasteiger partial charge in [-0.2, -0.15) is 0 Å². The molecule has 0 bridgehead atoms. The van der Waals surface area contributed by atoms with Crippen molar-refractivity contribution >= 4 is 44.1 Å². The largest absolute Gasteiger partial charge is 0.462 e. The normalized spacial score (nSPS) is 19.5. The molecule has 0 spiro atoms. The van der Waals surface area contributed by atoms with Gasteiger partial charge in [0.2, 0.25) is 5.91 Å². The highest BCUT2D eigenvalue weighted by Crippen LogP contribution is 2.44. The quantitative estimate of drug-likeness (QED) is 0.588. The molecule has 30 heavy (non-hydrogen) atoms. The van der Waals surface area contributed by atoms with E-state index in [-0.39, 0.29) is 31.3 Å². The van der Waals surface area contributed by atoms with Gasteiger partial charge in [-0.1, -0.05) is 29.8 Å².